The second-order valence-corrected chi connectivity index (χ2v) is 5.17. The van der Waals surface area contributed by atoms with Gasteiger partial charge in [-0.2, -0.15) is 0 Å². The molecule has 1 aromatic rings. The lowest BCUT2D eigenvalue weighted by molar-refractivity contribution is -0.384. The molecule has 1 aliphatic carbocycles. The van der Waals surface area contributed by atoms with Crippen LogP contribution in [0.25, 0.3) is 0 Å². The van der Waals surface area contributed by atoms with E-state index in [9.17, 15) is 10.1 Å². The van der Waals surface area contributed by atoms with Gasteiger partial charge in [0.25, 0.3) is 0 Å². The summed E-state index contributed by atoms with van der Waals surface area (Å²) in [4.78, 5) is 10.8. The van der Waals surface area contributed by atoms with Gasteiger partial charge in [0, 0.05) is 13.2 Å². The lowest BCUT2D eigenvalue weighted by Gasteiger charge is -2.16. The molecule has 6 heteroatoms. The van der Waals surface area contributed by atoms with Crippen molar-refractivity contribution in [1.29, 1.82) is 0 Å². The van der Waals surface area contributed by atoms with E-state index in [4.69, 9.17) is 9.84 Å². The van der Waals surface area contributed by atoms with Gasteiger partial charge in [0.15, 0.2) is 5.75 Å². The predicted molar refractivity (Wildman–Crippen MR) is 76.1 cm³/mol. The van der Waals surface area contributed by atoms with E-state index in [0.29, 0.717) is 18.8 Å². The Labute approximate surface area is 117 Å². The summed E-state index contributed by atoms with van der Waals surface area (Å²) in [6.07, 6.45) is 2.85. The van der Waals surface area contributed by atoms with Crippen LogP contribution in [-0.2, 0) is 0 Å². The van der Waals surface area contributed by atoms with E-state index in [1.807, 2.05) is 0 Å². The highest BCUT2D eigenvalue weighted by molar-refractivity contribution is 5.68. The molecule has 1 aromatic carbocycles. The van der Waals surface area contributed by atoms with Crippen LogP contribution in [0.15, 0.2) is 18.2 Å². The van der Waals surface area contributed by atoms with E-state index in [1.165, 1.54) is 0 Å². The van der Waals surface area contributed by atoms with E-state index in [2.05, 4.69) is 5.32 Å². The summed E-state index contributed by atoms with van der Waals surface area (Å²) >= 11 is 0. The van der Waals surface area contributed by atoms with Gasteiger partial charge in [-0.05, 0) is 43.7 Å². The molecule has 1 aliphatic rings. The Balaban J connectivity index is 2.14. The quantitative estimate of drug-likeness (QED) is 0.564. The molecule has 0 spiro atoms. The van der Waals surface area contributed by atoms with E-state index in [1.54, 1.807) is 25.1 Å². The van der Waals surface area contributed by atoms with E-state index < -0.39 is 4.92 Å². The molecule has 0 saturated heterocycles. The van der Waals surface area contributed by atoms with Crippen LogP contribution in [0.3, 0.4) is 0 Å². The number of para-hydroxylation sites is 1. The second kappa shape index (κ2) is 6.09. The molecule has 110 valence electrons. The van der Waals surface area contributed by atoms with Crippen molar-refractivity contribution in [2.24, 2.45) is 5.41 Å². The Bertz CT molecular complexity index is 486. The Morgan fingerprint density at radius 2 is 2.25 bits per heavy atom. The number of nitrogens with zero attached hydrogens (tertiary/aromatic N) is 1. The fourth-order valence-electron chi connectivity index (χ4n) is 2.34. The minimum absolute atomic E-state index is 0.0193. The number of anilines is 1. The minimum atomic E-state index is -0.418. The van der Waals surface area contributed by atoms with Crippen molar-refractivity contribution in [1.82, 2.24) is 0 Å². The third-order valence-electron chi connectivity index (χ3n) is 3.73. The molecule has 0 aromatic heterocycles. The smallest absolute Gasteiger partial charge is 0.333 e. The number of nitrogens with one attached hydrogen (secondary N) is 1. The van der Waals surface area contributed by atoms with Crippen LogP contribution in [0.2, 0.25) is 0 Å². The summed E-state index contributed by atoms with van der Waals surface area (Å²) in [7, 11) is 0. The largest absolute Gasteiger partial charge is 0.487 e. The maximum atomic E-state index is 11.2. The maximum Gasteiger partial charge on any atom is 0.333 e. The van der Waals surface area contributed by atoms with Crippen molar-refractivity contribution in [3.63, 3.8) is 0 Å². The molecule has 0 radical (unpaired) electrons. The van der Waals surface area contributed by atoms with Gasteiger partial charge in [-0.15, -0.1) is 0 Å². The van der Waals surface area contributed by atoms with Crippen molar-refractivity contribution >= 4 is 11.4 Å². The van der Waals surface area contributed by atoms with Crippen molar-refractivity contribution in [2.75, 3.05) is 25.1 Å². The molecule has 0 aliphatic heterocycles. The number of nitro benzene ring substituents is 1. The van der Waals surface area contributed by atoms with E-state index in [0.717, 1.165) is 19.3 Å². The number of hydrogen-bond acceptors (Lipinski definition) is 5. The number of aliphatic hydroxyl groups is 1. The van der Waals surface area contributed by atoms with Gasteiger partial charge < -0.3 is 15.2 Å². The van der Waals surface area contributed by atoms with Crippen molar-refractivity contribution in [3.05, 3.63) is 28.3 Å². The molecule has 0 amide bonds. The predicted octanol–water partition coefficient (Wildman–Crippen LogP) is 2.57. The number of hydrogen-bond donors (Lipinski definition) is 2. The van der Waals surface area contributed by atoms with E-state index >= 15 is 0 Å². The number of nitro groups is 1. The highest BCUT2D eigenvalue weighted by atomic mass is 16.6. The Morgan fingerprint density at radius 3 is 2.80 bits per heavy atom. The second-order valence-electron chi connectivity index (χ2n) is 5.17. The molecule has 0 atom stereocenters. The monoisotopic (exact) mass is 280 g/mol. The number of benzene rings is 1. The molecule has 2 N–H and O–H groups in total. The van der Waals surface area contributed by atoms with Gasteiger partial charge in [-0.3, -0.25) is 10.1 Å². The average Bonchev–Trinajstić information content (AvgIpc) is 3.17. The molecular weight excluding hydrogens is 260 g/mol. The zero-order valence-electron chi connectivity index (χ0n) is 11.6. The molecule has 1 saturated carbocycles. The zero-order chi connectivity index (χ0) is 14.6. The first-order chi connectivity index (χ1) is 9.62. The summed E-state index contributed by atoms with van der Waals surface area (Å²) in [6.45, 7) is 2.98. The molecule has 0 heterocycles. The van der Waals surface area contributed by atoms with Crippen molar-refractivity contribution < 1.29 is 14.8 Å². The van der Waals surface area contributed by atoms with E-state index in [-0.39, 0.29) is 23.5 Å². The number of ether oxygens (including phenoxy) is 1. The zero-order valence-corrected chi connectivity index (χ0v) is 11.6. The van der Waals surface area contributed by atoms with Gasteiger partial charge in [0.05, 0.1) is 11.5 Å². The maximum absolute atomic E-state index is 11.2. The minimum Gasteiger partial charge on any atom is -0.487 e. The highest BCUT2D eigenvalue weighted by Crippen LogP contribution is 2.49. The fraction of sp³-hybridized carbons (Fsp3) is 0.571. The van der Waals surface area contributed by atoms with Crippen LogP contribution in [0, 0.1) is 15.5 Å². The Hall–Kier alpha value is -1.82. The van der Waals surface area contributed by atoms with Crippen LogP contribution < -0.4 is 10.1 Å². The SMILES string of the molecule is CCOc1cccc(NCC2(CCO)CC2)c1[N+](=O)[O-]. The lowest BCUT2D eigenvalue weighted by Crippen LogP contribution is -2.17. The summed E-state index contributed by atoms with van der Waals surface area (Å²) < 4.78 is 5.31. The molecule has 20 heavy (non-hydrogen) atoms. The molecule has 0 bridgehead atoms. The van der Waals surface area contributed by atoms with Gasteiger partial charge >= 0.3 is 5.69 Å². The van der Waals surface area contributed by atoms with Crippen LogP contribution in [0.4, 0.5) is 11.4 Å². The Morgan fingerprint density at radius 1 is 1.50 bits per heavy atom. The Kier molecular flexibility index (Phi) is 4.44. The topological polar surface area (TPSA) is 84.6 Å². The fourth-order valence-corrected chi connectivity index (χ4v) is 2.34. The van der Waals surface area contributed by atoms with Crippen molar-refractivity contribution in [3.8, 4) is 5.75 Å². The first-order valence-corrected chi connectivity index (χ1v) is 6.87. The first-order valence-electron chi connectivity index (χ1n) is 6.87. The van der Waals surface area contributed by atoms with Crippen molar-refractivity contribution in [2.45, 2.75) is 26.2 Å². The van der Waals surface area contributed by atoms with Crippen LogP contribution in [0.5, 0.6) is 5.75 Å². The normalized spacial score (nSPS) is 15.7. The summed E-state index contributed by atoms with van der Waals surface area (Å²) in [5.41, 5.74) is 0.559. The average molecular weight is 280 g/mol. The third-order valence-corrected chi connectivity index (χ3v) is 3.73. The summed E-state index contributed by atoms with van der Waals surface area (Å²) in [5.74, 6) is 0.287. The summed E-state index contributed by atoms with van der Waals surface area (Å²) in [5, 5.41) is 23.4. The molecule has 0 unspecified atom stereocenters. The van der Waals surface area contributed by atoms with Gasteiger partial charge in [0.1, 0.15) is 5.69 Å². The van der Waals surface area contributed by atoms with Gasteiger partial charge in [-0.25, -0.2) is 0 Å². The number of rotatable bonds is 8. The molecule has 2 rings (SSSR count). The van der Waals surface area contributed by atoms with Gasteiger partial charge in [-0.1, -0.05) is 6.07 Å². The summed E-state index contributed by atoms with van der Waals surface area (Å²) in [6, 6.07) is 5.04. The molecule has 6 nitrogen and oxygen atoms in total. The first kappa shape index (κ1) is 14.6. The molecule has 1 fully saturated rings. The van der Waals surface area contributed by atoms with Crippen LogP contribution in [0.1, 0.15) is 26.2 Å². The standard InChI is InChI=1S/C14H20N2O4/c1-2-20-12-5-3-4-11(13(12)16(18)19)15-10-14(6-7-14)8-9-17/h3-5,15,17H,2,6-10H2,1H3. The van der Waals surface area contributed by atoms with Crippen LogP contribution in [-0.4, -0.2) is 29.8 Å². The molecular formula is C14H20N2O4. The van der Waals surface area contributed by atoms with Gasteiger partial charge in [0.2, 0.25) is 0 Å². The highest BCUT2D eigenvalue weighted by Gasteiger charge is 2.41. The van der Waals surface area contributed by atoms with Crippen LogP contribution >= 0.6 is 0 Å². The lowest BCUT2D eigenvalue weighted by atomic mass is 10.0. The third kappa shape index (κ3) is 3.19. The number of aliphatic hydroxyl groups excluding tert-OH is 1.